The predicted molar refractivity (Wildman–Crippen MR) is 116 cm³/mol. The largest absolute Gasteiger partial charge is 0.352 e. The van der Waals surface area contributed by atoms with Crippen LogP contribution in [-0.4, -0.2) is 28.8 Å². The number of carbonyl (C=O) groups is 2. The highest BCUT2D eigenvalue weighted by Crippen LogP contribution is 2.20. The Morgan fingerprint density at radius 1 is 0.935 bits per heavy atom. The van der Waals surface area contributed by atoms with Gasteiger partial charge in [-0.05, 0) is 54.7 Å². The molecule has 6 heteroatoms. The SMILES string of the molecule is CC[C@H](C(=O)NC1CCCCC1)N(Cc1ccc(F)cc1)C(=O)Cc1ccc(F)cc1. The van der Waals surface area contributed by atoms with Crippen molar-refractivity contribution in [1.29, 1.82) is 0 Å². The monoisotopic (exact) mass is 428 g/mol. The lowest BCUT2D eigenvalue weighted by Crippen LogP contribution is -2.51. The number of hydrogen-bond donors (Lipinski definition) is 1. The number of hydrogen-bond acceptors (Lipinski definition) is 2. The van der Waals surface area contributed by atoms with Gasteiger partial charge in [-0.1, -0.05) is 50.5 Å². The Hall–Kier alpha value is -2.76. The topological polar surface area (TPSA) is 49.4 Å². The first-order valence-electron chi connectivity index (χ1n) is 11.0. The Morgan fingerprint density at radius 3 is 2.03 bits per heavy atom. The van der Waals surface area contributed by atoms with Crippen molar-refractivity contribution in [3.8, 4) is 0 Å². The zero-order valence-electron chi connectivity index (χ0n) is 17.9. The molecule has 1 fully saturated rings. The molecule has 166 valence electrons. The maximum atomic E-state index is 13.3. The van der Waals surface area contributed by atoms with Crippen molar-refractivity contribution in [3.63, 3.8) is 0 Å². The third-order valence-electron chi connectivity index (χ3n) is 5.87. The van der Waals surface area contributed by atoms with Crippen molar-refractivity contribution in [3.05, 3.63) is 71.3 Å². The van der Waals surface area contributed by atoms with E-state index in [2.05, 4.69) is 5.32 Å². The van der Waals surface area contributed by atoms with Crippen molar-refractivity contribution in [2.45, 2.75) is 70.5 Å². The van der Waals surface area contributed by atoms with Gasteiger partial charge in [-0.25, -0.2) is 8.78 Å². The lowest BCUT2D eigenvalue weighted by molar-refractivity contribution is -0.141. The minimum absolute atomic E-state index is 0.0642. The molecule has 0 heterocycles. The highest BCUT2D eigenvalue weighted by molar-refractivity contribution is 5.88. The summed E-state index contributed by atoms with van der Waals surface area (Å²) in [6.07, 6.45) is 5.85. The van der Waals surface area contributed by atoms with Crippen LogP contribution in [0.2, 0.25) is 0 Å². The smallest absolute Gasteiger partial charge is 0.243 e. The van der Waals surface area contributed by atoms with E-state index in [-0.39, 0.29) is 42.5 Å². The molecule has 1 saturated carbocycles. The molecular weight excluding hydrogens is 398 g/mol. The number of carbonyl (C=O) groups excluding carboxylic acids is 2. The fourth-order valence-electron chi connectivity index (χ4n) is 4.13. The molecule has 0 saturated heterocycles. The van der Waals surface area contributed by atoms with E-state index < -0.39 is 6.04 Å². The molecule has 1 atom stereocenters. The summed E-state index contributed by atoms with van der Waals surface area (Å²) < 4.78 is 26.6. The fourth-order valence-corrected chi connectivity index (χ4v) is 4.13. The number of amides is 2. The van der Waals surface area contributed by atoms with E-state index in [0.717, 1.165) is 31.2 Å². The molecule has 0 unspecified atom stereocenters. The molecule has 0 bridgehead atoms. The van der Waals surface area contributed by atoms with Crippen LogP contribution in [0.25, 0.3) is 0 Å². The van der Waals surface area contributed by atoms with Crippen LogP contribution in [0.5, 0.6) is 0 Å². The molecule has 4 nitrogen and oxygen atoms in total. The summed E-state index contributed by atoms with van der Waals surface area (Å²) in [6.45, 7) is 2.09. The van der Waals surface area contributed by atoms with E-state index in [9.17, 15) is 18.4 Å². The molecule has 0 spiro atoms. The summed E-state index contributed by atoms with van der Waals surface area (Å²) in [5.41, 5.74) is 1.43. The van der Waals surface area contributed by atoms with Crippen LogP contribution in [0, 0.1) is 11.6 Å². The molecule has 2 aromatic rings. The lowest BCUT2D eigenvalue weighted by Gasteiger charge is -2.33. The number of nitrogens with one attached hydrogen (secondary N) is 1. The molecule has 31 heavy (non-hydrogen) atoms. The zero-order valence-corrected chi connectivity index (χ0v) is 17.9. The zero-order chi connectivity index (χ0) is 22.2. The maximum absolute atomic E-state index is 13.3. The Morgan fingerprint density at radius 2 is 1.48 bits per heavy atom. The van der Waals surface area contributed by atoms with Crippen LogP contribution in [-0.2, 0) is 22.6 Å². The van der Waals surface area contributed by atoms with Crippen molar-refractivity contribution >= 4 is 11.8 Å². The van der Waals surface area contributed by atoms with Crippen molar-refractivity contribution in [2.75, 3.05) is 0 Å². The molecule has 1 N–H and O–H groups in total. The van der Waals surface area contributed by atoms with E-state index in [1.165, 1.54) is 30.7 Å². The van der Waals surface area contributed by atoms with Gasteiger partial charge < -0.3 is 10.2 Å². The van der Waals surface area contributed by atoms with Gasteiger partial charge in [0.1, 0.15) is 17.7 Å². The van der Waals surface area contributed by atoms with Crippen molar-refractivity contribution in [2.24, 2.45) is 0 Å². The number of rotatable bonds is 8. The second-order valence-corrected chi connectivity index (χ2v) is 8.22. The fraction of sp³-hybridized carbons (Fsp3) is 0.440. The van der Waals surface area contributed by atoms with Crippen LogP contribution in [0.3, 0.4) is 0 Å². The molecule has 1 aliphatic carbocycles. The molecule has 2 amide bonds. The van der Waals surface area contributed by atoms with Gasteiger partial charge >= 0.3 is 0 Å². The molecule has 0 radical (unpaired) electrons. The van der Waals surface area contributed by atoms with Gasteiger partial charge in [-0.3, -0.25) is 9.59 Å². The molecule has 3 rings (SSSR count). The van der Waals surface area contributed by atoms with Gasteiger partial charge in [0.2, 0.25) is 11.8 Å². The molecule has 1 aliphatic rings. The van der Waals surface area contributed by atoms with Gasteiger partial charge in [-0.2, -0.15) is 0 Å². The van der Waals surface area contributed by atoms with E-state index in [1.54, 1.807) is 29.2 Å². The van der Waals surface area contributed by atoms with Crippen molar-refractivity contribution < 1.29 is 18.4 Å². The molecular formula is C25H30F2N2O2. The normalized spacial score (nSPS) is 15.3. The van der Waals surface area contributed by atoms with Gasteiger partial charge in [0.05, 0.1) is 6.42 Å². The standard InChI is InChI=1S/C25H30F2N2O2/c1-2-23(25(31)28-22-6-4-3-5-7-22)29(17-19-10-14-21(27)15-11-19)24(30)16-18-8-12-20(26)13-9-18/h8-15,22-23H,2-7,16-17H2,1H3,(H,28,31)/t23-/m1/s1. The van der Waals surface area contributed by atoms with Crippen LogP contribution >= 0.6 is 0 Å². The quantitative estimate of drug-likeness (QED) is 0.659. The van der Waals surface area contributed by atoms with Gasteiger partial charge in [0.25, 0.3) is 0 Å². The lowest BCUT2D eigenvalue weighted by atomic mass is 9.95. The number of nitrogens with zero attached hydrogens (tertiary/aromatic N) is 1. The summed E-state index contributed by atoms with van der Waals surface area (Å²) in [7, 11) is 0. The van der Waals surface area contributed by atoms with Gasteiger partial charge in [0.15, 0.2) is 0 Å². The summed E-state index contributed by atoms with van der Waals surface area (Å²) in [6, 6.07) is 11.3. The maximum Gasteiger partial charge on any atom is 0.243 e. The average Bonchev–Trinajstić information content (AvgIpc) is 2.77. The predicted octanol–water partition coefficient (Wildman–Crippen LogP) is 4.76. The molecule has 0 aliphatic heterocycles. The van der Waals surface area contributed by atoms with E-state index in [4.69, 9.17) is 0 Å². The van der Waals surface area contributed by atoms with Crippen LogP contribution < -0.4 is 5.32 Å². The van der Waals surface area contributed by atoms with Crippen LogP contribution in [0.4, 0.5) is 8.78 Å². The minimum atomic E-state index is -0.625. The Bertz CT molecular complexity index is 862. The van der Waals surface area contributed by atoms with E-state index >= 15 is 0 Å². The average molecular weight is 429 g/mol. The first kappa shape index (κ1) is 22.9. The Labute approximate surface area is 182 Å². The second-order valence-electron chi connectivity index (χ2n) is 8.22. The summed E-state index contributed by atoms with van der Waals surface area (Å²) in [5.74, 6) is -1.08. The van der Waals surface area contributed by atoms with Crippen molar-refractivity contribution in [1.82, 2.24) is 10.2 Å². The minimum Gasteiger partial charge on any atom is -0.352 e. The van der Waals surface area contributed by atoms with Gasteiger partial charge in [0, 0.05) is 12.6 Å². The van der Waals surface area contributed by atoms with Gasteiger partial charge in [-0.15, -0.1) is 0 Å². The van der Waals surface area contributed by atoms with Crippen LogP contribution in [0.1, 0.15) is 56.6 Å². The Kier molecular flexibility index (Phi) is 8.15. The third kappa shape index (κ3) is 6.61. The summed E-state index contributed by atoms with van der Waals surface area (Å²) >= 11 is 0. The summed E-state index contributed by atoms with van der Waals surface area (Å²) in [4.78, 5) is 27.9. The molecule has 2 aromatic carbocycles. The highest BCUT2D eigenvalue weighted by Gasteiger charge is 2.30. The highest BCUT2D eigenvalue weighted by atomic mass is 19.1. The molecule has 0 aromatic heterocycles. The van der Waals surface area contributed by atoms with E-state index in [1.807, 2.05) is 6.92 Å². The summed E-state index contributed by atoms with van der Waals surface area (Å²) in [5, 5.41) is 3.13. The first-order valence-corrected chi connectivity index (χ1v) is 11.0. The van der Waals surface area contributed by atoms with Crippen LogP contribution in [0.15, 0.2) is 48.5 Å². The Balaban J connectivity index is 1.79. The van der Waals surface area contributed by atoms with E-state index in [0.29, 0.717) is 12.0 Å². The second kappa shape index (κ2) is 11.0. The number of benzene rings is 2. The number of halogens is 2. The third-order valence-corrected chi connectivity index (χ3v) is 5.87. The first-order chi connectivity index (χ1) is 15.0.